The summed E-state index contributed by atoms with van der Waals surface area (Å²) in [6.07, 6.45) is 5.16. The van der Waals surface area contributed by atoms with Crippen molar-refractivity contribution in [1.29, 1.82) is 0 Å². The number of carboxylic acids is 1. The van der Waals surface area contributed by atoms with Crippen molar-refractivity contribution >= 4 is 11.5 Å². The maximum atomic E-state index is 11.0. The number of carbonyl (C=O) groups is 1. The Hall–Kier alpha value is -2.74. The van der Waals surface area contributed by atoms with Gasteiger partial charge in [-0.1, -0.05) is 11.3 Å². The molecular formula is C12H11N5O3. The molecule has 3 rings (SSSR count). The molecule has 3 heterocycles. The number of aliphatic hydroxyl groups excluding tert-OH is 1. The van der Waals surface area contributed by atoms with Gasteiger partial charge in [-0.2, -0.15) is 5.10 Å². The molecule has 20 heavy (non-hydrogen) atoms. The lowest BCUT2D eigenvalue weighted by atomic mass is 10.1. The average Bonchev–Trinajstić information content (AvgIpc) is 3.04. The Kier molecular flexibility index (Phi) is 2.92. The van der Waals surface area contributed by atoms with Crippen LogP contribution in [0.15, 0.2) is 30.7 Å². The smallest absolute Gasteiger partial charge is 0.358 e. The highest BCUT2D eigenvalue weighted by Crippen LogP contribution is 2.20. The Bertz CT molecular complexity index is 776. The van der Waals surface area contributed by atoms with Gasteiger partial charge in [0.05, 0.1) is 19.3 Å². The molecule has 0 aliphatic carbocycles. The van der Waals surface area contributed by atoms with Crippen LogP contribution >= 0.6 is 0 Å². The Morgan fingerprint density at radius 1 is 1.25 bits per heavy atom. The van der Waals surface area contributed by atoms with E-state index in [1.165, 1.54) is 4.52 Å². The van der Waals surface area contributed by atoms with Crippen LogP contribution in [0, 0.1) is 0 Å². The van der Waals surface area contributed by atoms with E-state index in [4.69, 9.17) is 10.2 Å². The fourth-order valence-electron chi connectivity index (χ4n) is 1.96. The molecule has 0 radical (unpaired) electrons. The van der Waals surface area contributed by atoms with Crippen molar-refractivity contribution in [3.8, 4) is 11.1 Å². The lowest BCUT2D eigenvalue weighted by molar-refractivity contribution is 0.0692. The number of aromatic nitrogens is 5. The number of hydrogen-bond acceptors (Lipinski definition) is 5. The maximum Gasteiger partial charge on any atom is 0.358 e. The molecule has 0 aliphatic rings. The van der Waals surface area contributed by atoms with Gasteiger partial charge in [-0.15, -0.1) is 5.10 Å². The van der Waals surface area contributed by atoms with Crippen molar-refractivity contribution in [3.05, 3.63) is 36.4 Å². The number of aromatic carboxylic acids is 1. The lowest BCUT2D eigenvalue weighted by Crippen LogP contribution is -2.01. The fraction of sp³-hybridized carbons (Fsp3) is 0.167. The van der Waals surface area contributed by atoms with E-state index in [1.54, 1.807) is 35.4 Å². The van der Waals surface area contributed by atoms with E-state index in [0.717, 1.165) is 11.1 Å². The topological polar surface area (TPSA) is 106 Å². The molecule has 0 saturated carbocycles. The van der Waals surface area contributed by atoms with Crippen LogP contribution in [0.3, 0.4) is 0 Å². The first-order chi connectivity index (χ1) is 9.69. The van der Waals surface area contributed by atoms with Crippen LogP contribution < -0.4 is 0 Å². The molecule has 0 atom stereocenters. The predicted molar refractivity (Wildman–Crippen MR) is 68.3 cm³/mol. The number of carboxylic acid groups (broad SMARTS) is 1. The summed E-state index contributed by atoms with van der Waals surface area (Å²) in [5, 5.41) is 29.3. The number of aliphatic hydroxyl groups is 1. The number of pyridine rings is 1. The van der Waals surface area contributed by atoms with Gasteiger partial charge in [-0.05, 0) is 6.07 Å². The normalized spacial score (nSPS) is 11.1. The highest BCUT2D eigenvalue weighted by molar-refractivity contribution is 5.93. The lowest BCUT2D eigenvalue weighted by Gasteiger charge is -1.99. The summed E-state index contributed by atoms with van der Waals surface area (Å²) < 4.78 is 3.05. The third kappa shape index (κ3) is 2.01. The molecule has 2 N–H and O–H groups in total. The number of fused-ring (bicyclic) bond motifs is 1. The zero-order valence-electron chi connectivity index (χ0n) is 10.3. The highest BCUT2D eigenvalue weighted by Gasteiger charge is 2.13. The second-order valence-electron chi connectivity index (χ2n) is 4.21. The van der Waals surface area contributed by atoms with Gasteiger partial charge in [0.15, 0.2) is 5.69 Å². The zero-order valence-corrected chi connectivity index (χ0v) is 10.3. The molecule has 3 aromatic rings. The van der Waals surface area contributed by atoms with Crippen LogP contribution in [0.4, 0.5) is 0 Å². The number of nitrogens with zero attached hydrogens (tertiary/aromatic N) is 5. The van der Waals surface area contributed by atoms with Crippen molar-refractivity contribution < 1.29 is 15.0 Å². The second kappa shape index (κ2) is 4.74. The quantitative estimate of drug-likeness (QED) is 0.707. The molecule has 0 spiro atoms. The first-order valence-electron chi connectivity index (χ1n) is 5.91. The highest BCUT2D eigenvalue weighted by atomic mass is 16.4. The molecule has 0 unspecified atom stereocenters. The van der Waals surface area contributed by atoms with Crippen molar-refractivity contribution in [2.75, 3.05) is 6.61 Å². The minimum atomic E-state index is -1.11. The minimum Gasteiger partial charge on any atom is -0.476 e. The SMILES string of the molecule is O=C(O)c1nnn2cc(-c3cnn(CCO)c3)ccc12. The van der Waals surface area contributed by atoms with Gasteiger partial charge >= 0.3 is 5.97 Å². The Labute approximate surface area is 112 Å². The standard InChI is InChI=1S/C12H11N5O3/c18-4-3-16-6-9(5-13-16)8-1-2-10-11(12(19)20)14-15-17(10)7-8/h1-2,5-7,18H,3-4H2,(H,19,20). The molecule has 102 valence electrons. The summed E-state index contributed by atoms with van der Waals surface area (Å²) >= 11 is 0. The molecule has 0 aromatic carbocycles. The largest absolute Gasteiger partial charge is 0.476 e. The third-order valence-electron chi connectivity index (χ3n) is 2.91. The molecule has 3 aromatic heterocycles. The molecule has 0 fully saturated rings. The van der Waals surface area contributed by atoms with Crippen LogP contribution in [0.5, 0.6) is 0 Å². The van der Waals surface area contributed by atoms with Gasteiger partial charge < -0.3 is 10.2 Å². The van der Waals surface area contributed by atoms with Crippen molar-refractivity contribution in [2.24, 2.45) is 0 Å². The first-order valence-corrected chi connectivity index (χ1v) is 5.91. The van der Waals surface area contributed by atoms with Crippen molar-refractivity contribution in [1.82, 2.24) is 24.6 Å². The Morgan fingerprint density at radius 2 is 2.10 bits per heavy atom. The van der Waals surface area contributed by atoms with Crippen LogP contribution in [0.25, 0.3) is 16.6 Å². The summed E-state index contributed by atoms with van der Waals surface area (Å²) in [7, 11) is 0. The molecular weight excluding hydrogens is 262 g/mol. The number of hydrogen-bond donors (Lipinski definition) is 2. The fourth-order valence-corrected chi connectivity index (χ4v) is 1.96. The molecule has 0 bridgehead atoms. The van der Waals surface area contributed by atoms with Gasteiger partial charge in [0, 0.05) is 23.5 Å². The summed E-state index contributed by atoms with van der Waals surface area (Å²) in [5.74, 6) is -1.11. The van der Waals surface area contributed by atoms with E-state index in [-0.39, 0.29) is 12.3 Å². The Morgan fingerprint density at radius 3 is 2.85 bits per heavy atom. The Balaban J connectivity index is 2.02. The van der Waals surface area contributed by atoms with Crippen LogP contribution in [-0.2, 0) is 6.54 Å². The van der Waals surface area contributed by atoms with Gasteiger partial charge in [0.25, 0.3) is 0 Å². The average molecular weight is 273 g/mol. The molecule has 0 aliphatic heterocycles. The maximum absolute atomic E-state index is 11.0. The summed E-state index contributed by atoms with van der Waals surface area (Å²) in [6, 6.07) is 3.44. The van der Waals surface area contributed by atoms with Gasteiger partial charge in [-0.3, -0.25) is 4.68 Å². The zero-order chi connectivity index (χ0) is 14.1. The van der Waals surface area contributed by atoms with Gasteiger partial charge in [0.2, 0.25) is 0 Å². The molecule has 0 amide bonds. The third-order valence-corrected chi connectivity index (χ3v) is 2.91. The van der Waals surface area contributed by atoms with Gasteiger partial charge in [0.1, 0.15) is 5.52 Å². The predicted octanol–water partition coefficient (Wildman–Crippen LogP) is 0.283. The van der Waals surface area contributed by atoms with Crippen LogP contribution in [-0.4, -0.2) is 47.4 Å². The molecule has 8 heteroatoms. The van der Waals surface area contributed by atoms with E-state index in [2.05, 4.69) is 15.4 Å². The summed E-state index contributed by atoms with van der Waals surface area (Å²) in [6.45, 7) is 0.444. The number of rotatable bonds is 4. The molecule has 0 saturated heterocycles. The monoisotopic (exact) mass is 273 g/mol. The van der Waals surface area contributed by atoms with Crippen molar-refractivity contribution in [2.45, 2.75) is 6.54 Å². The minimum absolute atomic E-state index is 0.0191. The molecule has 8 nitrogen and oxygen atoms in total. The summed E-state index contributed by atoms with van der Waals surface area (Å²) in [5.41, 5.74) is 2.05. The second-order valence-corrected chi connectivity index (χ2v) is 4.21. The first kappa shape index (κ1) is 12.3. The van der Waals surface area contributed by atoms with E-state index in [0.29, 0.717) is 12.1 Å². The van der Waals surface area contributed by atoms with E-state index in [1.807, 2.05) is 0 Å². The van der Waals surface area contributed by atoms with E-state index < -0.39 is 5.97 Å². The van der Waals surface area contributed by atoms with Crippen molar-refractivity contribution in [3.63, 3.8) is 0 Å². The van der Waals surface area contributed by atoms with E-state index >= 15 is 0 Å². The van der Waals surface area contributed by atoms with Crippen LogP contribution in [0.1, 0.15) is 10.5 Å². The summed E-state index contributed by atoms with van der Waals surface area (Å²) in [4.78, 5) is 11.0. The van der Waals surface area contributed by atoms with E-state index in [9.17, 15) is 4.79 Å². The van der Waals surface area contributed by atoms with Gasteiger partial charge in [-0.25, -0.2) is 9.31 Å². The van der Waals surface area contributed by atoms with Crippen LogP contribution in [0.2, 0.25) is 0 Å².